The molecule has 6 nitrogen and oxygen atoms in total. The Hall–Kier alpha value is -2.15. The largest absolute Gasteiger partial charge is 0.478 e. The summed E-state index contributed by atoms with van der Waals surface area (Å²) in [4.78, 5) is 36.1. The number of amides is 1. The van der Waals surface area contributed by atoms with E-state index >= 15 is 0 Å². The minimum atomic E-state index is -1.20. The lowest BCUT2D eigenvalue weighted by Gasteiger charge is -2.08. The number of carbonyl (C=O) groups excluding carboxylic acids is 2. The van der Waals surface area contributed by atoms with Crippen LogP contribution in [0.3, 0.4) is 0 Å². The van der Waals surface area contributed by atoms with Gasteiger partial charge in [-0.05, 0) is 38.2 Å². The van der Waals surface area contributed by atoms with E-state index in [-0.39, 0.29) is 6.61 Å². The number of aryl methyl sites for hydroxylation is 1. The molecule has 0 fully saturated rings. The number of rotatable bonds is 5. The van der Waals surface area contributed by atoms with Crippen molar-refractivity contribution in [1.29, 1.82) is 0 Å². The van der Waals surface area contributed by atoms with Crippen LogP contribution >= 0.6 is 11.3 Å². The summed E-state index contributed by atoms with van der Waals surface area (Å²) in [5.41, 5.74) is 1.41. The quantitative estimate of drug-likeness (QED) is 0.615. The number of carboxylic acids is 1. The molecule has 1 amide bonds. The molecular weight excluding hydrogens is 342 g/mol. The third kappa shape index (κ3) is 5.42. The molecule has 2 rings (SSSR count). The maximum absolute atomic E-state index is 12.5. The number of aliphatic carboxylic acids is 1. The molecule has 0 saturated heterocycles. The average Bonchev–Trinajstić information content (AvgIpc) is 2.93. The van der Waals surface area contributed by atoms with Gasteiger partial charge in [0.05, 0.1) is 12.2 Å². The van der Waals surface area contributed by atoms with Crippen molar-refractivity contribution < 1.29 is 24.2 Å². The Labute approximate surface area is 150 Å². The van der Waals surface area contributed by atoms with Crippen LogP contribution in [0, 0.1) is 0 Å². The second kappa shape index (κ2) is 9.36. The van der Waals surface area contributed by atoms with Crippen LogP contribution < -0.4 is 5.32 Å². The third-order valence-electron chi connectivity index (χ3n) is 4.01. The van der Waals surface area contributed by atoms with Gasteiger partial charge in [0.2, 0.25) is 5.91 Å². The van der Waals surface area contributed by atoms with Gasteiger partial charge in [-0.15, -0.1) is 11.3 Å². The molecule has 136 valence electrons. The molecule has 0 spiro atoms. The van der Waals surface area contributed by atoms with Gasteiger partial charge in [-0.25, -0.2) is 9.59 Å². The van der Waals surface area contributed by atoms with E-state index in [0.717, 1.165) is 61.1 Å². The first-order valence-corrected chi connectivity index (χ1v) is 9.38. The molecule has 1 aromatic rings. The fraction of sp³-hybridized carbons (Fsp3) is 0.500. The van der Waals surface area contributed by atoms with Gasteiger partial charge >= 0.3 is 11.9 Å². The fourth-order valence-electron chi connectivity index (χ4n) is 2.90. The van der Waals surface area contributed by atoms with Crippen LogP contribution in [0.1, 0.15) is 59.8 Å². The topological polar surface area (TPSA) is 92.7 Å². The number of hydrogen-bond acceptors (Lipinski definition) is 5. The molecule has 0 aromatic carbocycles. The van der Waals surface area contributed by atoms with Crippen molar-refractivity contribution in [3.05, 3.63) is 28.2 Å². The van der Waals surface area contributed by atoms with Gasteiger partial charge in [0, 0.05) is 17.0 Å². The maximum Gasteiger partial charge on any atom is 0.341 e. The average molecular weight is 365 g/mol. The van der Waals surface area contributed by atoms with Gasteiger partial charge in [-0.2, -0.15) is 0 Å². The minimum absolute atomic E-state index is 0.260. The van der Waals surface area contributed by atoms with Crippen LogP contribution in [0.25, 0.3) is 0 Å². The van der Waals surface area contributed by atoms with Gasteiger partial charge < -0.3 is 15.2 Å². The molecule has 1 aromatic heterocycles. The number of fused-ring (bicyclic) bond motifs is 1. The van der Waals surface area contributed by atoms with Crippen molar-refractivity contribution in [2.24, 2.45) is 0 Å². The van der Waals surface area contributed by atoms with E-state index in [1.807, 2.05) is 0 Å². The lowest BCUT2D eigenvalue weighted by Crippen LogP contribution is -2.13. The third-order valence-corrected chi connectivity index (χ3v) is 5.22. The number of esters is 1. The Bertz CT molecular complexity index is 677. The second-order valence-electron chi connectivity index (χ2n) is 5.86. The standard InChI is InChI=1S/C18H23NO5S/c1-2-24-18(23)16-12-8-6-4-3-5-7-9-13(12)25-17(16)19-14(20)10-11-15(21)22/h10-11H,2-9H2,1H3,(H,19,20)(H,21,22)/b11-10+. The van der Waals surface area contributed by atoms with Crippen LogP contribution in [0.5, 0.6) is 0 Å². The molecule has 25 heavy (non-hydrogen) atoms. The Balaban J connectivity index is 2.35. The second-order valence-corrected chi connectivity index (χ2v) is 6.96. The number of carboxylic acid groups (broad SMARTS) is 1. The van der Waals surface area contributed by atoms with Crippen LogP contribution in [-0.2, 0) is 27.2 Å². The van der Waals surface area contributed by atoms with Crippen molar-refractivity contribution in [1.82, 2.24) is 0 Å². The van der Waals surface area contributed by atoms with Crippen LogP contribution in [0.4, 0.5) is 5.00 Å². The molecule has 0 unspecified atom stereocenters. The summed E-state index contributed by atoms with van der Waals surface area (Å²) in [6, 6.07) is 0. The molecule has 2 N–H and O–H groups in total. The van der Waals surface area contributed by atoms with Gasteiger partial charge in [0.15, 0.2) is 0 Å². The normalized spacial score (nSPS) is 14.9. The highest BCUT2D eigenvalue weighted by molar-refractivity contribution is 7.17. The van der Waals surface area contributed by atoms with E-state index in [4.69, 9.17) is 9.84 Å². The molecule has 1 heterocycles. The fourth-order valence-corrected chi connectivity index (χ4v) is 4.18. The number of hydrogen-bond donors (Lipinski definition) is 2. The van der Waals surface area contributed by atoms with Crippen LogP contribution in [0.2, 0.25) is 0 Å². The molecule has 1 aliphatic rings. The highest BCUT2D eigenvalue weighted by atomic mass is 32.1. The van der Waals surface area contributed by atoms with E-state index in [1.165, 1.54) is 17.8 Å². The molecule has 0 bridgehead atoms. The van der Waals surface area contributed by atoms with Crippen LogP contribution in [0.15, 0.2) is 12.2 Å². The Kier molecular flexibility index (Phi) is 7.18. The predicted octanol–water partition coefficient (Wildman–Crippen LogP) is 3.55. The first-order valence-electron chi connectivity index (χ1n) is 8.56. The summed E-state index contributed by atoms with van der Waals surface area (Å²) < 4.78 is 5.18. The molecule has 0 radical (unpaired) electrons. The smallest absolute Gasteiger partial charge is 0.341 e. The van der Waals surface area contributed by atoms with Crippen molar-refractivity contribution in [2.75, 3.05) is 11.9 Å². The van der Waals surface area contributed by atoms with Crippen molar-refractivity contribution >= 4 is 34.2 Å². The predicted molar refractivity (Wildman–Crippen MR) is 96.2 cm³/mol. The monoisotopic (exact) mass is 365 g/mol. The number of ether oxygens (including phenoxy) is 1. The summed E-state index contributed by atoms with van der Waals surface area (Å²) in [6.45, 7) is 2.00. The number of carbonyl (C=O) groups is 3. The summed E-state index contributed by atoms with van der Waals surface area (Å²) in [7, 11) is 0. The summed E-state index contributed by atoms with van der Waals surface area (Å²) in [6.07, 6.45) is 8.94. The SMILES string of the molecule is CCOC(=O)c1c(NC(=O)/C=C/C(=O)O)sc2c1CCCCCCC2. The zero-order valence-corrected chi connectivity index (χ0v) is 15.1. The van der Waals surface area contributed by atoms with E-state index in [2.05, 4.69) is 5.32 Å². The summed E-state index contributed by atoms with van der Waals surface area (Å²) in [5.74, 6) is -2.20. The minimum Gasteiger partial charge on any atom is -0.478 e. The first-order chi connectivity index (χ1) is 12.0. The van der Waals surface area contributed by atoms with E-state index < -0.39 is 17.8 Å². The van der Waals surface area contributed by atoms with E-state index in [9.17, 15) is 14.4 Å². The maximum atomic E-state index is 12.5. The number of nitrogens with one attached hydrogen (secondary N) is 1. The van der Waals surface area contributed by atoms with Gasteiger partial charge in [-0.3, -0.25) is 4.79 Å². The Morgan fingerprint density at radius 1 is 1.12 bits per heavy atom. The zero-order valence-electron chi connectivity index (χ0n) is 14.3. The van der Waals surface area contributed by atoms with Crippen molar-refractivity contribution in [3.63, 3.8) is 0 Å². The molecule has 7 heteroatoms. The van der Waals surface area contributed by atoms with Gasteiger partial charge in [-0.1, -0.05) is 19.3 Å². The Morgan fingerprint density at radius 2 is 1.80 bits per heavy atom. The van der Waals surface area contributed by atoms with Crippen molar-refractivity contribution in [2.45, 2.75) is 51.9 Å². The van der Waals surface area contributed by atoms with Gasteiger partial charge in [0.1, 0.15) is 5.00 Å². The highest BCUT2D eigenvalue weighted by Gasteiger charge is 2.25. The molecule has 1 aliphatic carbocycles. The highest BCUT2D eigenvalue weighted by Crippen LogP contribution is 2.37. The summed E-state index contributed by atoms with van der Waals surface area (Å²) >= 11 is 1.40. The molecular formula is C18H23NO5S. The Morgan fingerprint density at radius 3 is 2.48 bits per heavy atom. The van der Waals surface area contributed by atoms with Crippen molar-refractivity contribution in [3.8, 4) is 0 Å². The summed E-state index contributed by atoms with van der Waals surface area (Å²) in [5, 5.41) is 11.7. The zero-order chi connectivity index (χ0) is 18.2. The number of anilines is 1. The number of thiophene rings is 1. The first kappa shape index (κ1) is 19.2. The van der Waals surface area contributed by atoms with Gasteiger partial charge in [0.25, 0.3) is 0 Å². The van der Waals surface area contributed by atoms with Crippen LogP contribution in [-0.4, -0.2) is 29.6 Å². The van der Waals surface area contributed by atoms with E-state index in [1.54, 1.807) is 6.92 Å². The van der Waals surface area contributed by atoms with E-state index in [0.29, 0.717) is 10.6 Å². The molecule has 0 aliphatic heterocycles. The molecule has 0 saturated carbocycles. The lowest BCUT2D eigenvalue weighted by atomic mass is 10.0. The lowest BCUT2D eigenvalue weighted by molar-refractivity contribution is -0.131. The molecule has 0 atom stereocenters.